The summed E-state index contributed by atoms with van der Waals surface area (Å²) in [5.41, 5.74) is 3.10. The van der Waals surface area contributed by atoms with Crippen molar-refractivity contribution in [3.63, 3.8) is 0 Å². The molecule has 0 bridgehead atoms. The zero-order valence-electron chi connectivity index (χ0n) is 20.0. The standard InChI is InChI=1S/C28H25Cl2N3O2S2/c1-2-3-12-25(34)31-20-10-7-11-21(16-20)37-26(18-8-5-4-6-9-18)27(35)33-28-32-24(17-36-28)19-13-14-22(29)23(30)15-19/h4-11,13-17,26H,2-3,12H2,1H3,(H,31,34)(H,32,33,35). The van der Waals surface area contributed by atoms with Gasteiger partial charge in [-0.15, -0.1) is 23.1 Å². The molecule has 0 aliphatic carbocycles. The normalized spacial score (nSPS) is 11.6. The van der Waals surface area contributed by atoms with Gasteiger partial charge in [-0.2, -0.15) is 0 Å². The maximum Gasteiger partial charge on any atom is 0.244 e. The average Bonchev–Trinajstić information content (AvgIpc) is 3.36. The number of thioether (sulfide) groups is 1. The molecular formula is C28H25Cl2N3O2S2. The first kappa shape index (κ1) is 27.2. The Morgan fingerprint density at radius 1 is 0.973 bits per heavy atom. The first-order valence-corrected chi connectivity index (χ1v) is 14.3. The fraction of sp³-hybridized carbons (Fsp3) is 0.179. The van der Waals surface area contributed by atoms with Crippen molar-refractivity contribution >= 4 is 68.9 Å². The second-order valence-corrected chi connectivity index (χ2v) is 11.1. The number of anilines is 2. The Balaban J connectivity index is 1.51. The molecule has 0 aliphatic heterocycles. The summed E-state index contributed by atoms with van der Waals surface area (Å²) in [6.45, 7) is 2.05. The summed E-state index contributed by atoms with van der Waals surface area (Å²) in [5.74, 6) is -0.202. The van der Waals surface area contributed by atoms with Gasteiger partial charge in [-0.05, 0) is 42.3 Å². The van der Waals surface area contributed by atoms with Gasteiger partial charge in [0.05, 0.1) is 15.7 Å². The minimum Gasteiger partial charge on any atom is -0.326 e. The van der Waals surface area contributed by atoms with Crippen LogP contribution in [-0.4, -0.2) is 16.8 Å². The van der Waals surface area contributed by atoms with Crippen LogP contribution >= 0.6 is 46.3 Å². The van der Waals surface area contributed by atoms with Crippen molar-refractivity contribution in [3.05, 3.63) is 93.8 Å². The van der Waals surface area contributed by atoms with Crippen molar-refractivity contribution in [3.8, 4) is 11.3 Å². The van der Waals surface area contributed by atoms with Crippen LogP contribution in [0.4, 0.5) is 10.8 Å². The average molecular weight is 571 g/mol. The van der Waals surface area contributed by atoms with Crippen LogP contribution in [0.2, 0.25) is 10.0 Å². The van der Waals surface area contributed by atoms with E-state index in [1.807, 2.05) is 66.0 Å². The molecule has 2 amide bonds. The molecule has 1 heterocycles. The van der Waals surface area contributed by atoms with E-state index in [0.29, 0.717) is 33.0 Å². The van der Waals surface area contributed by atoms with E-state index >= 15 is 0 Å². The quantitative estimate of drug-likeness (QED) is 0.187. The van der Waals surface area contributed by atoms with E-state index in [9.17, 15) is 9.59 Å². The third-order valence-electron chi connectivity index (χ3n) is 5.42. The summed E-state index contributed by atoms with van der Waals surface area (Å²) in [4.78, 5) is 31.1. The van der Waals surface area contributed by atoms with Crippen LogP contribution in [-0.2, 0) is 9.59 Å². The zero-order valence-corrected chi connectivity index (χ0v) is 23.2. The SMILES string of the molecule is CCCCC(=O)Nc1cccc(SC(C(=O)Nc2nc(-c3ccc(Cl)c(Cl)c3)cs2)c2ccccc2)c1. The summed E-state index contributed by atoms with van der Waals surface area (Å²) in [7, 11) is 0. The molecule has 0 saturated carbocycles. The van der Waals surface area contributed by atoms with Gasteiger partial charge in [0.2, 0.25) is 11.8 Å². The number of hydrogen-bond acceptors (Lipinski definition) is 5. The summed E-state index contributed by atoms with van der Waals surface area (Å²) in [6.07, 6.45) is 2.30. The summed E-state index contributed by atoms with van der Waals surface area (Å²) < 4.78 is 0. The van der Waals surface area contributed by atoms with E-state index in [1.165, 1.54) is 23.1 Å². The molecule has 1 unspecified atom stereocenters. The highest BCUT2D eigenvalue weighted by molar-refractivity contribution is 8.00. The van der Waals surface area contributed by atoms with Crippen molar-refractivity contribution in [2.24, 2.45) is 0 Å². The van der Waals surface area contributed by atoms with Crippen LogP contribution in [0.25, 0.3) is 11.3 Å². The van der Waals surface area contributed by atoms with Gasteiger partial charge in [0.15, 0.2) is 5.13 Å². The molecule has 190 valence electrons. The topological polar surface area (TPSA) is 71.1 Å². The Labute approximate surface area is 234 Å². The molecule has 0 spiro atoms. The molecule has 0 radical (unpaired) electrons. The Morgan fingerprint density at radius 2 is 1.78 bits per heavy atom. The number of nitrogens with zero attached hydrogens (tertiary/aromatic N) is 1. The molecule has 37 heavy (non-hydrogen) atoms. The van der Waals surface area contributed by atoms with Gasteiger partial charge in [-0.3, -0.25) is 9.59 Å². The largest absolute Gasteiger partial charge is 0.326 e. The van der Waals surface area contributed by atoms with Gasteiger partial charge in [0.1, 0.15) is 5.25 Å². The van der Waals surface area contributed by atoms with Gasteiger partial charge in [0, 0.05) is 27.9 Å². The van der Waals surface area contributed by atoms with E-state index in [0.717, 1.165) is 28.9 Å². The van der Waals surface area contributed by atoms with Gasteiger partial charge in [0.25, 0.3) is 0 Å². The number of unbranched alkanes of at least 4 members (excludes halogenated alkanes) is 1. The molecular weight excluding hydrogens is 545 g/mol. The van der Waals surface area contributed by atoms with Crippen LogP contribution < -0.4 is 10.6 Å². The Bertz CT molecular complexity index is 1380. The van der Waals surface area contributed by atoms with Crippen LogP contribution in [0.5, 0.6) is 0 Å². The highest BCUT2D eigenvalue weighted by atomic mass is 35.5. The number of nitrogens with one attached hydrogen (secondary N) is 2. The molecule has 0 saturated heterocycles. The van der Waals surface area contributed by atoms with E-state index in [4.69, 9.17) is 23.2 Å². The number of carbonyl (C=O) groups excluding carboxylic acids is 2. The van der Waals surface area contributed by atoms with Gasteiger partial charge < -0.3 is 10.6 Å². The fourth-order valence-electron chi connectivity index (χ4n) is 3.53. The molecule has 2 N–H and O–H groups in total. The molecule has 0 fully saturated rings. The third kappa shape index (κ3) is 7.58. The molecule has 3 aromatic carbocycles. The minimum absolute atomic E-state index is 0.0112. The van der Waals surface area contributed by atoms with Crippen LogP contribution in [0.15, 0.2) is 83.1 Å². The second-order valence-electron chi connectivity index (χ2n) is 8.24. The predicted molar refractivity (Wildman–Crippen MR) is 156 cm³/mol. The lowest BCUT2D eigenvalue weighted by Gasteiger charge is -2.17. The maximum atomic E-state index is 13.5. The van der Waals surface area contributed by atoms with Crippen molar-refractivity contribution in [2.75, 3.05) is 10.6 Å². The van der Waals surface area contributed by atoms with Crippen LogP contribution in [0.1, 0.15) is 37.0 Å². The number of carbonyl (C=O) groups is 2. The zero-order chi connectivity index (χ0) is 26.2. The Morgan fingerprint density at radius 3 is 2.54 bits per heavy atom. The molecule has 0 aliphatic rings. The van der Waals surface area contributed by atoms with Gasteiger partial charge in [-0.1, -0.05) is 79.0 Å². The smallest absolute Gasteiger partial charge is 0.244 e. The number of thiazole rings is 1. The van der Waals surface area contributed by atoms with E-state index in [2.05, 4.69) is 22.5 Å². The lowest BCUT2D eigenvalue weighted by molar-refractivity contribution is -0.116. The van der Waals surface area contributed by atoms with E-state index < -0.39 is 5.25 Å². The highest BCUT2D eigenvalue weighted by Crippen LogP contribution is 2.38. The van der Waals surface area contributed by atoms with Gasteiger partial charge in [-0.25, -0.2) is 4.98 Å². The fourth-order valence-corrected chi connectivity index (χ4v) is 5.64. The lowest BCUT2D eigenvalue weighted by Crippen LogP contribution is -2.19. The van der Waals surface area contributed by atoms with E-state index in [1.54, 1.807) is 12.1 Å². The second kappa shape index (κ2) is 13.1. The number of benzene rings is 3. The molecule has 1 atom stereocenters. The van der Waals surface area contributed by atoms with Crippen LogP contribution in [0, 0.1) is 0 Å². The highest BCUT2D eigenvalue weighted by Gasteiger charge is 2.23. The lowest BCUT2D eigenvalue weighted by atomic mass is 10.1. The van der Waals surface area contributed by atoms with Crippen molar-refractivity contribution in [1.29, 1.82) is 0 Å². The van der Waals surface area contributed by atoms with Crippen LogP contribution in [0.3, 0.4) is 0 Å². The van der Waals surface area contributed by atoms with E-state index in [-0.39, 0.29) is 11.8 Å². The van der Waals surface area contributed by atoms with Crippen molar-refractivity contribution in [2.45, 2.75) is 36.3 Å². The summed E-state index contributed by atoms with van der Waals surface area (Å²) in [5, 5.41) is 8.66. The van der Waals surface area contributed by atoms with Crippen molar-refractivity contribution in [1.82, 2.24) is 4.98 Å². The van der Waals surface area contributed by atoms with Crippen molar-refractivity contribution < 1.29 is 9.59 Å². The first-order valence-electron chi connectivity index (χ1n) is 11.8. The number of rotatable bonds is 10. The predicted octanol–water partition coefficient (Wildman–Crippen LogP) is 8.72. The number of amides is 2. The maximum absolute atomic E-state index is 13.5. The molecule has 4 aromatic rings. The Hall–Kier alpha value is -2.84. The van der Waals surface area contributed by atoms with Gasteiger partial charge >= 0.3 is 0 Å². The summed E-state index contributed by atoms with van der Waals surface area (Å²) >= 11 is 14.9. The molecule has 1 aromatic heterocycles. The first-order chi connectivity index (χ1) is 17.9. The molecule has 9 heteroatoms. The third-order valence-corrected chi connectivity index (χ3v) is 8.16. The number of aromatic nitrogens is 1. The Kier molecular flexibility index (Phi) is 9.63. The molecule has 5 nitrogen and oxygen atoms in total. The number of hydrogen-bond donors (Lipinski definition) is 2. The monoisotopic (exact) mass is 569 g/mol. The minimum atomic E-state index is -0.524. The molecule has 4 rings (SSSR count). The number of halogens is 2. The summed E-state index contributed by atoms with van der Waals surface area (Å²) in [6, 6.07) is 22.5.